The van der Waals surface area contributed by atoms with Gasteiger partial charge >= 0.3 is 0 Å². The summed E-state index contributed by atoms with van der Waals surface area (Å²) in [6.07, 6.45) is 4.01. The number of phenols is 1. The number of nitrogens with zero attached hydrogens (tertiary/aromatic N) is 2. The third-order valence-corrected chi connectivity index (χ3v) is 9.55. The van der Waals surface area contributed by atoms with Gasteiger partial charge in [0.25, 0.3) is 0 Å². The Hall–Kier alpha value is -1.95. The lowest BCUT2D eigenvalue weighted by atomic mass is 9.51. The molecule has 1 saturated carbocycles. The van der Waals surface area contributed by atoms with Gasteiger partial charge in [-0.1, -0.05) is 29.3 Å². The van der Waals surface area contributed by atoms with Gasteiger partial charge in [-0.05, 0) is 75.0 Å². The van der Waals surface area contributed by atoms with E-state index in [9.17, 15) is 9.90 Å². The Morgan fingerprint density at radius 3 is 2.85 bits per heavy atom. The summed E-state index contributed by atoms with van der Waals surface area (Å²) in [6, 6.07) is 9.44. The minimum absolute atomic E-state index is 0.0129. The summed E-state index contributed by atoms with van der Waals surface area (Å²) in [5.74, 6) is 1.81. The molecular formula is C26H28Cl2N2O3. The Labute approximate surface area is 204 Å². The molecule has 2 aliphatic carbocycles. The largest absolute Gasteiger partial charge is 0.508 e. The van der Waals surface area contributed by atoms with Crippen LogP contribution >= 0.6 is 23.2 Å². The average Bonchev–Trinajstić information content (AvgIpc) is 3.13. The number of hydrogen-bond acceptors (Lipinski definition) is 4. The highest BCUT2D eigenvalue weighted by atomic mass is 35.5. The molecule has 1 saturated heterocycles. The molecule has 2 aromatic rings. The van der Waals surface area contributed by atoms with E-state index in [1.807, 2.05) is 24.1 Å². The first kappa shape index (κ1) is 21.6. The summed E-state index contributed by atoms with van der Waals surface area (Å²) in [6.45, 7) is 1.00. The molecule has 2 aromatic carbocycles. The van der Waals surface area contributed by atoms with Crippen LogP contribution in [0.4, 0.5) is 0 Å². The minimum atomic E-state index is -0.139. The van der Waals surface area contributed by atoms with Crippen molar-refractivity contribution in [3.05, 3.63) is 57.1 Å². The Balaban J connectivity index is 1.35. The number of likely N-dealkylation sites (N-methyl/N-ethyl adjacent to an activating group) is 2. The summed E-state index contributed by atoms with van der Waals surface area (Å²) in [4.78, 5) is 17.7. The highest BCUT2D eigenvalue weighted by Crippen LogP contribution is 2.63. The summed E-state index contributed by atoms with van der Waals surface area (Å²) < 4.78 is 6.68. The highest BCUT2D eigenvalue weighted by Gasteiger charge is 2.66. The van der Waals surface area contributed by atoms with E-state index in [1.54, 1.807) is 18.2 Å². The standard InChI is InChI=1S/C26H28Cl2N2O3/c1-29-10-9-26-16-4-6-19(30(2)23(32)12-14-3-5-17(27)18(28)11-14)25(26)33-22-8-7-21(31)15(24(22)26)13-20(16)29/h3,5,7-8,11,16,19-20,25,31H,4,6,9-10,12-13H2,1-2H3/t16-,19-,20+,25-,26-/m0/s1. The molecule has 0 unspecified atom stereocenters. The minimum Gasteiger partial charge on any atom is -0.508 e. The molecule has 2 bridgehead atoms. The number of phenolic OH excluding ortho intramolecular Hbond substituents is 1. The maximum absolute atomic E-state index is 13.4. The fourth-order valence-electron chi connectivity index (χ4n) is 7.25. The van der Waals surface area contributed by atoms with Crippen molar-refractivity contribution < 1.29 is 14.6 Å². The third kappa shape index (κ3) is 2.98. The molecule has 2 heterocycles. The number of amides is 1. The molecule has 0 radical (unpaired) electrons. The second kappa shape index (κ2) is 7.53. The van der Waals surface area contributed by atoms with Crippen LogP contribution in [0, 0.1) is 5.92 Å². The van der Waals surface area contributed by atoms with Gasteiger partial charge in [-0.25, -0.2) is 0 Å². The van der Waals surface area contributed by atoms with Crippen molar-refractivity contribution in [3.8, 4) is 11.5 Å². The van der Waals surface area contributed by atoms with E-state index in [1.165, 1.54) is 5.56 Å². The topological polar surface area (TPSA) is 53.0 Å². The first-order valence-electron chi connectivity index (χ1n) is 11.7. The molecular weight excluding hydrogens is 459 g/mol. The number of carbonyl (C=O) groups is 1. The molecule has 6 rings (SSSR count). The average molecular weight is 487 g/mol. The second-order valence-electron chi connectivity index (χ2n) is 10.2. The van der Waals surface area contributed by atoms with Gasteiger partial charge in [0.2, 0.25) is 5.91 Å². The van der Waals surface area contributed by atoms with E-state index >= 15 is 0 Å². The Morgan fingerprint density at radius 1 is 1.24 bits per heavy atom. The predicted molar refractivity (Wildman–Crippen MR) is 128 cm³/mol. The van der Waals surface area contributed by atoms with Crippen LogP contribution in [0.25, 0.3) is 0 Å². The number of hydrogen-bond donors (Lipinski definition) is 1. The van der Waals surface area contributed by atoms with Crippen molar-refractivity contribution >= 4 is 29.1 Å². The SMILES string of the molecule is CN1CC[C@@]23c4c5ccc(O)c4C[C@@H]1[C@@H]2CC[C@H](N(C)C(=O)Cc1ccc(Cl)c(Cl)c1)[C@@H]3O5. The number of aromatic hydroxyl groups is 1. The first-order chi connectivity index (χ1) is 15.8. The number of piperidine rings is 1. The Morgan fingerprint density at radius 2 is 2.06 bits per heavy atom. The molecule has 2 aliphatic heterocycles. The van der Waals surface area contributed by atoms with Crippen molar-refractivity contribution in [1.29, 1.82) is 0 Å². The van der Waals surface area contributed by atoms with Crippen LogP contribution < -0.4 is 4.74 Å². The van der Waals surface area contributed by atoms with Crippen LogP contribution in [-0.4, -0.2) is 59.6 Å². The quantitative estimate of drug-likeness (QED) is 0.696. The summed E-state index contributed by atoms with van der Waals surface area (Å²) in [5, 5.41) is 11.7. The molecule has 5 nitrogen and oxygen atoms in total. The van der Waals surface area contributed by atoms with E-state index in [0.29, 0.717) is 27.8 Å². The monoisotopic (exact) mass is 486 g/mol. The van der Waals surface area contributed by atoms with Gasteiger partial charge in [-0.3, -0.25) is 4.79 Å². The molecule has 5 atom stereocenters. The van der Waals surface area contributed by atoms with Gasteiger partial charge in [0.15, 0.2) is 0 Å². The molecule has 33 heavy (non-hydrogen) atoms. The van der Waals surface area contributed by atoms with Crippen molar-refractivity contribution in [2.24, 2.45) is 5.92 Å². The van der Waals surface area contributed by atoms with E-state index in [2.05, 4.69) is 11.9 Å². The smallest absolute Gasteiger partial charge is 0.227 e. The molecule has 7 heteroatoms. The lowest BCUT2D eigenvalue weighted by molar-refractivity contribution is -0.139. The summed E-state index contributed by atoms with van der Waals surface area (Å²) in [5.41, 5.74) is 2.98. The van der Waals surface area contributed by atoms with Crippen LogP contribution in [0.2, 0.25) is 10.0 Å². The number of likely N-dealkylation sites (tertiary alicyclic amines) is 1. The normalized spacial score (nSPS) is 31.6. The fraction of sp³-hybridized carbons (Fsp3) is 0.500. The summed E-state index contributed by atoms with van der Waals surface area (Å²) >= 11 is 12.2. The highest BCUT2D eigenvalue weighted by molar-refractivity contribution is 6.42. The molecule has 4 aliphatic rings. The molecule has 0 aromatic heterocycles. The van der Waals surface area contributed by atoms with E-state index in [4.69, 9.17) is 27.9 Å². The van der Waals surface area contributed by atoms with Crippen LogP contribution in [0.5, 0.6) is 11.5 Å². The second-order valence-corrected chi connectivity index (χ2v) is 11.0. The number of rotatable bonds is 3. The van der Waals surface area contributed by atoms with Crippen LogP contribution in [0.3, 0.4) is 0 Å². The number of carbonyl (C=O) groups excluding carboxylic acids is 1. The van der Waals surface area contributed by atoms with Gasteiger partial charge < -0.3 is 19.6 Å². The maximum atomic E-state index is 13.4. The van der Waals surface area contributed by atoms with Gasteiger partial charge in [0.1, 0.15) is 17.6 Å². The van der Waals surface area contributed by atoms with Crippen molar-refractivity contribution in [1.82, 2.24) is 9.80 Å². The fourth-order valence-corrected chi connectivity index (χ4v) is 7.57. The third-order valence-electron chi connectivity index (χ3n) is 8.81. The number of benzene rings is 2. The lowest BCUT2D eigenvalue weighted by Crippen LogP contribution is -2.68. The molecule has 2 fully saturated rings. The van der Waals surface area contributed by atoms with Gasteiger partial charge in [-0.15, -0.1) is 0 Å². The molecule has 1 N–H and O–H groups in total. The van der Waals surface area contributed by atoms with E-state index in [0.717, 1.165) is 49.1 Å². The van der Waals surface area contributed by atoms with Gasteiger partial charge in [0, 0.05) is 29.6 Å². The Bertz CT molecular complexity index is 1150. The van der Waals surface area contributed by atoms with Crippen molar-refractivity contribution in [2.45, 2.75) is 55.7 Å². The zero-order chi connectivity index (χ0) is 23.1. The summed E-state index contributed by atoms with van der Waals surface area (Å²) in [7, 11) is 4.11. The maximum Gasteiger partial charge on any atom is 0.227 e. The molecule has 1 spiro atoms. The predicted octanol–water partition coefficient (Wildman–Crippen LogP) is 4.44. The van der Waals surface area contributed by atoms with Crippen LogP contribution in [0.15, 0.2) is 30.3 Å². The first-order valence-corrected chi connectivity index (χ1v) is 12.5. The number of halogens is 2. The number of ether oxygens (including phenoxy) is 1. The van der Waals surface area contributed by atoms with Crippen molar-refractivity contribution in [2.75, 3.05) is 20.6 Å². The zero-order valence-corrected chi connectivity index (χ0v) is 20.4. The van der Waals surface area contributed by atoms with E-state index in [-0.39, 0.29) is 29.9 Å². The van der Waals surface area contributed by atoms with Crippen LogP contribution in [0.1, 0.15) is 36.0 Å². The van der Waals surface area contributed by atoms with Crippen LogP contribution in [-0.2, 0) is 23.1 Å². The van der Waals surface area contributed by atoms with Gasteiger partial charge in [-0.2, -0.15) is 0 Å². The molecule has 174 valence electrons. The van der Waals surface area contributed by atoms with Crippen molar-refractivity contribution in [3.63, 3.8) is 0 Å². The van der Waals surface area contributed by atoms with E-state index < -0.39 is 0 Å². The molecule has 1 amide bonds. The zero-order valence-electron chi connectivity index (χ0n) is 18.9. The Kier molecular flexibility index (Phi) is 4.92. The lowest BCUT2D eigenvalue weighted by Gasteiger charge is -2.59. The van der Waals surface area contributed by atoms with Gasteiger partial charge in [0.05, 0.1) is 22.5 Å².